The molecule has 33 nitrogen and oxygen atoms in total. The van der Waals surface area contributed by atoms with Gasteiger partial charge in [0.15, 0.2) is 11.5 Å². The maximum absolute atomic E-state index is 15.0. The second kappa shape index (κ2) is 36.5. The van der Waals surface area contributed by atoms with Gasteiger partial charge in [0.2, 0.25) is 35.4 Å². The van der Waals surface area contributed by atoms with Crippen LogP contribution in [0, 0.1) is 5.92 Å². The minimum Gasteiger partial charge on any atom is -0.504 e. The van der Waals surface area contributed by atoms with E-state index in [1.54, 1.807) is 19.2 Å². The molecule has 0 saturated carbocycles. The highest BCUT2D eigenvalue weighted by Crippen LogP contribution is 2.41. The third-order valence-corrected chi connectivity index (χ3v) is 19.5. The van der Waals surface area contributed by atoms with Crippen LogP contribution in [0.1, 0.15) is 87.6 Å². The zero-order valence-corrected chi connectivity index (χ0v) is 57.3. The quantitative estimate of drug-likeness (QED) is 0.0320. The van der Waals surface area contributed by atoms with Crippen LogP contribution in [-0.4, -0.2) is 279 Å². The number of hydrogen-bond donors (Lipinski definition) is 18. The number of amides is 7. The highest BCUT2D eigenvalue weighted by atomic mass is 32.3. The van der Waals surface area contributed by atoms with Gasteiger partial charge in [-0.2, -0.15) is 0 Å². The van der Waals surface area contributed by atoms with Gasteiger partial charge >= 0.3 is 0 Å². The Morgan fingerprint density at radius 3 is 1.98 bits per heavy atom. The minimum absolute atomic E-state index is 0.00276. The van der Waals surface area contributed by atoms with E-state index in [4.69, 9.17) is 9.47 Å². The summed E-state index contributed by atoms with van der Waals surface area (Å²) in [6.45, 7) is 2.78. The number of fused-ring (bicyclic) bond motifs is 2. The lowest BCUT2D eigenvalue weighted by Gasteiger charge is -2.34. The van der Waals surface area contributed by atoms with E-state index in [9.17, 15) is 93.2 Å². The molecule has 7 amide bonds. The summed E-state index contributed by atoms with van der Waals surface area (Å²) in [4.78, 5) is 106. The molecule has 8 rings (SSSR count). The van der Waals surface area contributed by atoms with E-state index < -0.39 is 201 Å². The monoisotopic (exact) mass is 1440 g/mol. The summed E-state index contributed by atoms with van der Waals surface area (Å²) in [5, 5.41) is 124. The van der Waals surface area contributed by atoms with E-state index in [0.717, 1.165) is 105 Å². The third kappa shape index (κ3) is 21.2. The minimum atomic E-state index is -4.75. The number of aromatic nitrogens is 2. The van der Waals surface area contributed by atoms with E-state index in [-0.39, 0.29) is 30.3 Å². The number of phenols is 1. The number of anilines is 1. The number of nitrogens with zero attached hydrogens (tertiary/aromatic N) is 5. The first-order valence-electron chi connectivity index (χ1n) is 33.2. The maximum Gasteiger partial charge on any atom is 0.266 e. The van der Waals surface area contributed by atoms with Gasteiger partial charge in [0.05, 0.1) is 62.0 Å². The highest BCUT2D eigenvalue weighted by Gasteiger charge is 2.50. The van der Waals surface area contributed by atoms with Crippen molar-refractivity contribution < 1.29 is 107 Å². The molecular weight excluding hydrogens is 1350 g/mol. The molecule has 4 aliphatic rings. The first kappa shape index (κ1) is 78.4. The second-order valence-corrected chi connectivity index (χ2v) is 27.7. The number of hydrogen-bond acceptors (Lipinski definition) is 27. The zero-order valence-electron chi connectivity index (χ0n) is 55.7. The Kier molecular flexibility index (Phi) is 28.6. The molecule has 35 heteroatoms. The molecular formula is C65H93N11O22S2. The molecule has 5 heterocycles. The number of methoxy groups -OCH3 is 1. The second-order valence-electron chi connectivity index (χ2n) is 25.7. The van der Waals surface area contributed by atoms with E-state index in [1.807, 2.05) is 24.3 Å². The molecule has 4 aromatic rings. The van der Waals surface area contributed by atoms with Crippen molar-refractivity contribution >= 4 is 69.5 Å². The number of carbonyl (C=O) groups is 7. The molecule has 4 saturated heterocycles. The molecule has 0 bridgehead atoms. The molecule has 100 heavy (non-hydrogen) atoms. The van der Waals surface area contributed by atoms with Crippen molar-refractivity contribution in [2.45, 2.75) is 163 Å². The van der Waals surface area contributed by atoms with E-state index in [1.165, 1.54) is 36.5 Å². The van der Waals surface area contributed by atoms with Crippen LogP contribution >= 0.6 is 22.5 Å². The fraction of sp³-hybridized carbons (Fsp3) is 0.585. The normalized spacial score (nSPS) is 25.2. The predicted octanol–water partition coefficient (Wildman–Crippen LogP) is -1.43. The Bertz CT molecular complexity index is 3380. The molecule has 0 aliphatic carbocycles. The van der Waals surface area contributed by atoms with Gasteiger partial charge in [-0.1, -0.05) is 49.3 Å². The van der Waals surface area contributed by atoms with Crippen LogP contribution in [0.4, 0.5) is 5.69 Å². The summed E-state index contributed by atoms with van der Waals surface area (Å²) < 4.78 is 44.7. The highest BCUT2D eigenvalue weighted by molar-refractivity contribution is 8.15. The number of aromatic hydroxyl groups is 1. The standard InChI is InChI=1S/C65H93N11O22S2/c1-35-31-76-55(56(35)85)61(90)67-30-43(80)28-46(68-57(86)38-9-11-39(12-10-38)62-72-73-63(99-62)40-13-15-42(16-14-40)74-22-19-45(20-23-74)97-25-7-5-4-6-24-96-3)58(87)69-52(36(2)79)64(91)75-32-44(81)29-47(75)59(88)70-53(50(84)26-37-8-17-48(82)51(27-37)98-100(93,94)95)60(89)71-54(65(76)92)49(83)18-21-66-41(33-77)34-78/h8-17,27,35-36,41,43-47,49-50,52-56,66,77-85,93-95H,4-7,18-26,28-34H2,1-3H3,(H,67,90)(H,68,86)(H,69,87)(H,70,88)(H,71,89)/t35-,36+,43+,44+,46?,47-,49+,50+,52-,53-,54-,55-,56-/m0/s1. The van der Waals surface area contributed by atoms with Crippen molar-refractivity contribution in [3.63, 3.8) is 0 Å². The molecule has 3 aromatic carbocycles. The Hall–Kier alpha value is -7.30. The fourth-order valence-corrected chi connectivity index (χ4v) is 13.7. The zero-order chi connectivity index (χ0) is 72.5. The third-order valence-electron chi connectivity index (χ3n) is 18.1. The summed E-state index contributed by atoms with van der Waals surface area (Å²) in [5.41, 5.74) is 2.44. The molecule has 1 unspecified atom stereocenters. The molecule has 13 atom stereocenters. The van der Waals surface area contributed by atoms with E-state index in [0.29, 0.717) is 15.6 Å². The number of unbranched alkanes of at least 4 members (excludes halogenated alkanes) is 3. The van der Waals surface area contributed by atoms with Gasteiger partial charge < -0.3 is 106 Å². The lowest BCUT2D eigenvalue weighted by atomic mass is 9.98. The number of phenolic OH excluding ortho intramolecular Hbond substituents is 1. The molecule has 4 aliphatic heterocycles. The van der Waals surface area contributed by atoms with Crippen LogP contribution in [0.5, 0.6) is 11.5 Å². The summed E-state index contributed by atoms with van der Waals surface area (Å²) in [6.07, 6.45) is -6.67. The van der Waals surface area contributed by atoms with Gasteiger partial charge in [-0.3, -0.25) is 47.2 Å². The van der Waals surface area contributed by atoms with Crippen LogP contribution in [0.15, 0.2) is 66.7 Å². The molecule has 4 fully saturated rings. The fourth-order valence-electron chi connectivity index (χ4n) is 12.4. The molecule has 0 radical (unpaired) electrons. The summed E-state index contributed by atoms with van der Waals surface area (Å²) in [7, 11) is 1.71. The molecule has 0 spiro atoms. The van der Waals surface area contributed by atoms with E-state index >= 15 is 0 Å². The number of aliphatic hydroxyl groups excluding tert-OH is 8. The number of nitrogens with one attached hydrogen (secondary N) is 6. The van der Waals surface area contributed by atoms with Crippen LogP contribution < -0.4 is 41.0 Å². The van der Waals surface area contributed by atoms with Crippen LogP contribution in [0.3, 0.4) is 0 Å². The number of aliphatic hydroxyl groups is 8. The van der Waals surface area contributed by atoms with Crippen LogP contribution in [0.2, 0.25) is 0 Å². The number of ether oxygens (including phenoxy) is 2. The molecule has 1 aromatic heterocycles. The lowest BCUT2D eigenvalue weighted by Crippen LogP contribution is -2.64. The Labute approximate surface area is 583 Å². The van der Waals surface area contributed by atoms with Crippen molar-refractivity contribution in [3.05, 3.63) is 77.9 Å². The van der Waals surface area contributed by atoms with Crippen molar-refractivity contribution in [2.75, 3.05) is 77.7 Å². The topological polar surface area (TPSA) is 498 Å². The first-order chi connectivity index (χ1) is 47.7. The van der Waals surface area contributed by atoms with Crippen LogP contribution in [-0.2, 0) is 44.7 Å². The molecule has 552 valence electrons. The summed E-state index contributed by atoms with van der Waals surface area (Å²) >= 11 is -3.43. The van der Waals surface area contributed by atoms with E-state index in [2.05, 4.69) is 51.2 Å². The summed E-state index contributed by atoms with van der Waals surface area (Å²) in [5.74, 6) is -10.5. The number of carbonyl (C=O) groups excluding carboxylic acids is 7. The van der Waals surface area contributed by atoms with Gasteiger partial charge in [0.25, 0.3) is 17.1 Å². The van der Waals surface area contributed by atoms with Gasteiger partial charge in [-0.05, 0) is 99.7 Å². The Balaban J connectivity index is 1.03. The van der Waals surface area contributed by atoms with Crippen molar-refractivity contribution in [2.24, 2.45) is 5.92 Å². The number of benzene rings is 3. The smallest absolute Gasteiger partial charge is 0.266 e. The Morgan fingerprint density at radius 2 is 1.35 bits per heavy atom. The van der Waals surface area contributed by atoms with Crippen molar-refractivity contribution in [1.29, 1.82) is 0 Å². The van der Waals surface area contributed by atoms with Gasteiger partial charge in [-0.25, -0.2) is 0 Å². The van der Waals surface area contributed by atoms with Gasteiger partial charge in [0, 0.05) is 101 Å². The summed E-state index contributed by atoms with van der Waals surface area (Å²) in [6, 6.07) is 4.62. The lowest BCUT2D eigenvalue weighted by molar-refractivity contribution is -0.147. The average Bonchev–Trinajstić information content (AvgIpc) is 1.63. The number of β-amino-alcohol motifs (C(OH)–C–C–N with tert-alkyl or cyclic N) is 1. The van der Waals surface area contributed by atoms with Crippen molar-refractivity contribution in [1.82, 2.24) is 51.9 Å². The first-order valence-corrected chi connectivity index (χ1v) is 35.5. The maximum atomic E-state index is 15.0. The average molecular weight is 1440 g/mol. The van der Waals surface area contributed by atoms with Crippen molar-refractivity contribution in [3.8, 4) is 32.6 Å². The number of piperidine rings is 1. The SMILES string of the molecule is COCCCCCCOC1CCN(c2ccc(-c3nnc(-c4ccc(C(=O)NC5C[C@@H](O)CNC(=O)[C@@H]6[C@@H](O)[C@@H](C)CN6C(=O)[C@H]([C@H](O)CCNC(CO)CO)NC(=O)[C@H]([C@H](O)Cc6ccc(O)c(OS(O)(O)O)c6)NC(=O)[C@@H]6C[C@@H](O)CN6C(=O)[C@H]([C@@H](C)O)NC5=O)cc4)s3)cc2)CC1. The van der Waals surface area contributed by atoms with Crippen LogP contribution in [0.25, 0.3) is 21.1 Å². The number of rotatable bonds is 26. The predicted molar refractivity (Wildman–Crippen MR) is 362 cm³/mol. The Morgan fingerprint density at radius 1 is 0.730 bits per heavy atom. The largest absolute Gasteiger partial charge is 0.504 e. The van der Waals surface area contributed by atoms with Gasteiger partial charge in [0.1, 0.15) is 46.3 Å². The molecule has 18 N–H and O–H groups in total. The van der Waals surface area contributed by atoms with Gasteiger partial charge in [-0.15, -0.1) is 10.2 Å².